The molecule has 3 rings (SSSR count). The molecule has 0 spiro atoms. The van der Waals surface area contributed by atoms with E-state index in [2.05, 4.69) is 21.3 Å². The van der Waals surface area contributed by atoms with Crippen LogP contribution in [0.15, 0.2) is 42.7 Å². The lowest BCUT2D eigenvalue weighted by atomic mass is 10.0. The fourth-order valence-electron chi connectivity index (χ4n) is 2.80. The first-order valence-corrected chi connectivity index (χ1v) is 7.05. The maximum atomic E-state index is 13.4. The zero-order valence-electron chi connectivity index (χ0n) is 12.1. The first-order chi connectivity index (χ1) is 10.2. The van der Waals surface area contributed by atoms with Gasteiger partial charge >= 0.3 is 0 Å². The van der Waals surface area contributed by atoms with Crippen molar-refractivity contribution < 1.29 is 9.50 Å². The summed E-state index contributed by atoms with van der Waals surface area (Å²) in [6.07, 6.45) is 3.63. The summed E-state index contributed by atoms with van der Waals surface area (Å²) in [5.41, 5.74) is 1.92. The third kappa shape index (κ3) is 3.94. The van der Waals surface area contributed by atoms with Crippen LogP contribution in [-0.4, -0.2) is 34.6 Å². The van der Waals surface area contributed by atoms with Crippen LogP contribution in [0.3, 0.4) is 0 Å². The molecule has 0 aliphatic carbocycles. The molecule has 0 radical (unpaired) electrons. The lowest BCUT2D eigenvalue weighted by molar-refractivity contribution is 0.153. The smallest absolute Gasteiger partial charge is 0.127 e. The third-order valence-electron chi connectivity index (χ3n) is 3.75. The number of piperazine rings is 1. The Labute approximate surface area is 135 Å². The Morgan fingerprint density at radius 3 is 2.95 bits per heavy atom. The zero-order chi connectivity index (χ0) is 14.7. The van der Waals surface area contributed by atoms with Crippen LogP contribution in [0.2, 0.25) is 0 Å². The molecule has 2 aromatic rings. The van der Waals surface area contributed by atoms with Gasteiger partial charge in [-0.15, -0.1) is 12.4 Å². The van der Waals surface area contributed by atoms with Crippen LogP contribution < -0.4 is 5.32 Å². The Hall–Kier alpha value is -1.69. The van der Waals surface area contributed by atoms with Crippen molar-refractivity contribution in [1.82, 2.24) is 15.2 Å². The quantitative estimate of drug-likeness (QED) is 0.911. The van der Waals surface area contributed by atoms with Gasteiger partial charge in [0.15, 0.2) is 0 Å². The molecular weight excluding hydrogens is 305 g/mol. The van der Waals surface area contributed by atoms with E-state index < -0.39 is 5.82 Å². The summed E-state index contributed by atoms with van der Waals surface area (Å²) in [4.78, 5) is 6.45. The predicted molar refractivity (Wildman–Crippen MR) is 85.6 cm³/mol. The van der Waals surface area contributed by atoms with Crippen molar-refractivity contribution in [2.45, 2.75) is 12.6 Å². The number of hydrogen-bond acceptors (Lipinski definition) is 4. The van der Waals surface area contributed by atoms with Gasteiger partial charge in [0.05, 0.1) is 0 Å². The topological polar surface area (TPSA) is 48.4 Å². The Bertz CT molecular complexity index is 591. The minimum atomic E-state index is -0.405. The Balaban J connectivity index is 0.00000176. The van der Waals surface area contributed by atoms with Crippen LogP contribution in [0.4, 0.5) is 4.39 Å². The van der Waals surface area contributed by atoms with Gasteiger partial charge in [0.25, 0.3) is 0 Å². The second-order valence-corrected chi connectivity index (χ2v) is 5.29. The Kier molecular flexibility index (Phi) is 5.71. The largest absolute Gasteiger partial charge is 0.508 e. The maximum Gasteiger partial charge on any atom is 0.127 e. The zero-order valence-corrected chi connectivity index (χ0v) is 12.9. The molecule has 0 saturated carbocycles. The van der Waals surface area contributed by atoms with Crippen LogP contribution in [0.25, 0.3) is 0 Å². The first-order valence-electron chi connectivity index (χ1n) is 7.05. The van der Waals surface area contributed by atoms with Gasteiger partial charge in [-0.1, -0.05) is 6.07 Å². The highest BCUT2D eigenvalue weighted by molar-refractivity contribution is 5.85. The standard InChI is InChI=1S/C16H18FN3O.ClH/c17-14-6-12(7-15(21)8-14)11-20-5-4-19-10-16(20)13-2-1-3-18-9-13;/h1-3,6-9,16,19,21H,4-5,10-11H2;1H. The predicted octanol–water partition coefficient (Wildman–Crippen LogP) is 2.49. The summed E-state index contributed by atoms with van der Waals surface area (Å²) < 4.78 is 13.4. The molecule has 4 nitrogen and oxygen atoms in total. The molecule has 1 aromatic carbocycles. The van der Waals surface area contributed by atoms with Gasteiger partial charge in [0, 0.05) is 50.7 Å². The van der Waals surface area contributed by atoms with Gasteiger partial charge in [0.2, 0.25) is 0 Å². The number of benzene rings is 1. The monoisotopic (exact) mass is 323 g/mol. The average Bonchev–Trinajstić information content (AvgIpc) is 2.48. The number of halogens is 2. The van der Waals surface area contributed by atoms with Crippen molar-refractivity contribution in [1.29, 1.82) is 0 Å². The number of nitrogens with zero attached hydrogens (tertiary/aromatic N) is 2. The molecule has 1 aromatic heterocycles. The number of aromatic hydroxyl groups is 1. The second kappa shape index (κ2) is 7.54. The second-order valence-electron chi connectivity index (χ2n) is 5.29. The van der Waals surface area contributed by atoms with Gasteiger partial charge in [-0.25, -0.2) is 4.39 Å². The highest BCUT2D eigenvalue weighted by Crippen LogP contribution is 2.25. The van der Waals surface area contributed by atoms with Crippen LogP contribution in [0.5, 0.6) is 5.75 Å². The van der Waals surface area contributed by atoms with E-state index in [1.807, 2.05) is 12.3 Å². The molecule has 1 atom stereocenters. The molecule has 118 valence electrons. The Morgan fingerprint density at radius 2 is 2.23 bits per heavy atom. The van der Waals surface area contributed by atoms with E-state index in [-0.39, 0.29) is 24.2 Å². The normalized spacial score (nSPS) is 18.7. The van der Waals surface area contributed by atoms with Crippen LogP contribution in [0, 0.1) is 5.82 Å². The van der Waals surface area contributed by atoms with E-state index in [1.165, 1.54) is 6.07 Å². The summed E-state index contributed by atoms with van der Waals surface area (Å²) in [6.45, 7) is 3.22. The van der Waals surface area contributed by atoms with Crippen molar-refractivity contribution in [2.24, 2.45) is 0 Å². The highest BCUT2D eigenvalue weighted by Gasteiger charge is 2.24. The van der Waals surface area contributed by atoms with Crippen molar-refractivity contribution in [3.63, 3.8) is 0 Å². The molecular formula is C16H19ClFN3O. The number of pyridine rings is 1. The van der Waals surface area contributed by atoms with E-state index >= 15 is 0 Å². The van der Waals surface area contributed by atoms with E-state index in [0.29, 0.717) is 6.54 Å². The minimum absolute atomic E-state index is 0. The molecule has 0 bridgehead atoms. The average molecular weight is 324 g/mol. The van der Waals surface area contributed by atoms with Crippen LogP contribution in [-0.2, 0) is 6.54 Å². The van der Waals surface area contributed by atoms with Crippen molar-refractivity contribution in [2.75, 3.05) is 19.6 Å². The van der Waals surface area contributed by atoms with E-state index in [9.17, 15) is 9.50 Å². The number of phenols is 1. The van der Waals surface area contributed by atoms with Crippen LogP contribution >= 0.6 is 12.4 Å². The number of aromatic nitrogens is 1. The lowest BCUT2D eigenvalue weighted by Gasteiger charge is -2.36. The van der Waals surface area contributed by atoms with Gasteiger partial charge in [0.1, 0.15) is 11.6 Å². The van der Waals surface area contributed by atoms with E-state index in [0.717, 1.165) is 36.8 Å². The molecule has 2 N–H and O–H groups in total. The molecule has 1 saturated heterocycles. The van der Waals surface area contributed by atoms with Crippen molar-refractivity contribution in [3.8, 4) is 5.75 Å². The fraction of sp³-hybridized carbons (Fsp3) is 0.312. The van der Waals surface area contributed by atoms with E-state index in [4.69, 9.17) is 0 Å². The summed E-state index contributed by atoms with van der Waals surface area (Å²) >= 11 is 0. The molecule has 1 unspecified atom stereocenters. The molecule has 22 heavy (non-hydrogen) atoms. The van der Waals surface area contributed by atoms with Gasteiger partial charge in [-0.3, -0.25) is 9.88 Å². The SMILES string of the molecule is Cl.Oc1cc(F)cc(CN2CCNCC2c2cccnc2)c1. The van der Waals surface area contributed by atoms with Gasteiger partial charge < -0.3 is 10.4 Å². The lowest BCUT2D eigenvalue weighted by Crippen LogP contribution is -2.45. The summed E-state index contributed by atoms with van der Waals surface area (Å²) in [5.74, 6) is -0.434. The summed E-state index contributed by atoms with van der Waals surface area (Å²) in [5, 5.41) is 12.9. The first kappa shape index (κ1) is 16.7. The van der Waals surface area contributed by atoms with Crippen molar-refractivity contribution in [3.05, 3.63) is 59.7 Å². The van der Waals surface area contributed by atoms with Gasteiger partial charge in [-0.05, 0) is 29.3 Å². The van der Waals surface area contributed by atoms with Crippen LogP contribution in [0.1, 0.15) is 17.2 Å². The minimum Gasteiger partial charge on any atom is -0.508 e. The number of hydrogen-bond donors (Lipinski definition) is 2. The molecule has 0 amide bonds. The number of nitrogens with one attached hydrogen (secondary N) is 1. The summed E-state index contributed by atoms with van der Waals surface area (Å²) in [6, 6.07) is 8.40. The maximum absolute atomic E-state index is 13.4. The molecule has 2 heterocycles. The third-order valence-corrected chi connectivity index (χ3v) is 3.75. The molecule has 6 heteroatoms. The molecule has 1 fully saturated rings. The van der Waals surface area contributed by atoms with Crippen molar-refractivity contribution >= 4 is 12.4 Å². The molecule has 1 aliphatic heterocycles. The number of rotatable bonds is 3. The number of phenolic OH excluding ortho intramolecular Hbond substituents is 1. The Morgan fingerprint density at radius 1 is 1.36 bits per heavy atom. The van der Waals surface area contributed by atoms with E-state index in [1.54, 1.807) is 12.3 Å². The fourth-order valence-corrected chi connectivity index (χ4v) is 2.80. The van der Waals surface area contributed by atoms with Gasteiger partial charge in [-0.2, -0.15) is 0 Å². The molecule has 1 aliphatic rings. The summed E-state index contributed by atoms with van der Waals surface area (Å²) in [7, 11) is 0. The highest BCUT2D eigenvalue weighted by atomic mass is 35.5.